The molecule has 0 saturated carbocycles. The maximum absolute atomic E-state index is 13.6. The fraction of sp³-hybridized carbons (Fsp3) is 0.154. The third kappa shape index (κ3) is 2.91. The lowest BCUT2D eigenvalue weighted by molar-refractivity contribution is 0.402. The maximum atomic E-state index is 13.6. The molecule has 0 N–H and O–H groups in total. The third-order valence-electron chi connectivity index (χ3n) is 6.12. The van der Waals surface area contributed by atoms with Crippen molar-refractivity contribution < 1.29 is 9.15 Å². The van der Waals surface area contributed by atoms with Crippen LogP contribution in [0.3, 0.4) is 0 Å². The minimum absolute atomic E-state index is 0.0635. The van der Waals surface area contributed by atoms with Crippen molar-refractivity contribution in [1.29, 1.82) is 0 Å². The van der Waals surface area contributed by atoms with E-state index in [2.05, 4.69) is 24.3 Å². The molecule has 158 valence electrons. The Morgan fingerprint density at radius 1 is 1.09 bits per heavy atom. The van der Waals surface area contributed by atoms with Gasteiger partial charge in [-0.1, -0.05) is 53.8 Å². The molecule has 4 aromatic rings. The van der Waals surface area contributed by atoms with Crippen molar-refractivity contribution in [2.75, 3.05) is 7.11 Å². The van der Waals surface area contributed by atoms with Crippen LogP contribution in [-0.4, -0.2) is 11.7 Å². The Morgan fingerprint density at radius 3 is 2.78 bits per heavy atom. The molecule has 0 unspecified atom stereocenters. The van der Waals surface area contributed by atoms with Gasteiger partial charge in [0.25, 0.3) is 5.56 Å². The Morgan fingerprint density at radius 2 is 1.94 bits per heavy atom. The van der Waals surface area contributed by atoms with Crippen molar-refractivity contribution in [3.63, 3.8) is 0 Å². The number of fused-ring (bicyclic) bond motifs is 3. The van der Waals surface area contributed by atoms with Gasteiger partial charge in [-0.3, -0.25) is 9.36 Å². The molecule has 0 radical (unpaired) electrons. The molecule has 0 fully saturated rings. The second-order valence-electron chi connectivity index (χ2n) is 7.87. The van der Waals surface area contributed by atoms with E-state index in [0.29, 0.717) is 15.1 Å². The average Bonchev–Trinajstić information content (AvgIpc) is 3.46. The first-order chi connectivity index (χ1) is 15.7. The molecule has 32 heavy (non-hydrogen) atoms. The zero-order valence-corrected chi connectivity index (χ0v) is 18.3. The standard InChI is InChI=1S/C26H20N2O3S/c1-30-21-11-5-4-10-19(21)24-20-13-12-16-7-2-3-9-18(16)23(20)27-26-28(24)25(29)22(32-26)15-17-8-6-14-31-17/h2-11,14-15,24H,12-13H2,1H3/b22-15-/t24-/m1/s1. The number of hydrogen-bond acceptors (Lipinski definition) is 5. The van der Waals surface area contributed by atoms with Crippen LogP contribution in [-0.2, 0) is 6.42 Å². The van der Waals surface area contributed by atoms with Gasteiger partial charge in [-0.25, -0.2) is 4.99 Å². The molecule has 1 aliphatic carbocycles. The monoisotopic (exact) mass is 440 g/mol. The molecule has 1 aliphatic heterocycles. The van der Waals surface area contributed by atoms with Gasteiger partial charge in [0.05, 0.1) is 29.6 Å². The number of hydrogen-bond donors (Lipinski definition) is 0. The van der Waals surface area contributed by atoms with Crippen molar-refractivity contribution in [1.82, 2.24) is 4.57 Å². The van der Waals surface area contributed by atoms with Gasteiger partial charge in [0.15, 0.2) is 4.80 Å². The predicted octanol–water partition coefficient (Wildman–Crippen LogP) is 3.92. The average molecular weight is 441 g/mol. The highest BCUT2D eigenvalue weighted by atomic mass is 32.1. The van der Waals surface area contributed by atoms with E-state index in [1.807, 2.05) is 41.0 Å². The molecule has 2 aromatic carbocycles. The molecule has 0 amide bonds. The number of ether oxygens (including phenoxy) is 1. The number of allylic oxidation sites excluding steroid dienone is 1. The van der Waals surface area contributed by atoms with Crippen LogP contribution in [0.4, 0.5) is 0 Å². The van der Waals surface area contributed by atoms with E-state index < -0.39 is 0 Å². The van der Waals surface area contributed by atoms with E-state index in [-0.39, 0.29) is 11.6 Å². The summed E-state index contributed by atoms with van der Waals surface area (Å²) in [5.41, 5.74) is 5.49. The smallest absolute Gasteiger partial charge is 0.271 e. The molecule has 0 spiro atoms. The topological polar surface area (TPSA) is 56.7 Å². The first-order valence-electron chi connectivity index (χ1n) is 10.5. The Labute approximate surface area is 188 Å². The van der Waals surface area contributed by atoms with E-state index in [0.717, 1.165) is 41.0 Å². The normalized spacial score (nSPS) is 17.4. The Balaban J connectivity index is 1.67. The summed E-state index contributed by atoms with van der Waals surface area (Å²) in [7, 11) is 1.67. The molecule has 2 aliphatic rings. The molecule has 0 saturated heterocycles. The van der Waals surface area contributed by atoms with Gasteiger partial charge in [0.2, 0.25) is 0 Å². The van der Waals surface area contributed by atoms with E-state index in [1.165, 1.54) is 16.9 Å². The van der Waals surface area contributed by atoms with Crippen molar-refractivity contribution in [3.05, 3.63) is 115 Å². The fourth-order valence-electron chi connectivity index (χ4n) is 4.69. The Kier molecular flexibility index (Phi) is 4.47. The highest BCUT2D eigenvalue weighted by Gasteiger charge is 2.33. The number of benzene rings is 2. The van der Waals surface area contributed by atoms with Crippen LogP contribution in [0.1, 0.15) is 34.9 Å². The first kappa shape index (κ1) is 19.1. The summed E-state index contributed by atoms with van der Waals surface area (Å²) in [5.74, 6) is 1.42. The van der Waals surface area contributed by atoms with Gasteiger partial charge in [0, 0.05) is 17.2 Å². The van der Waals surface area contributed by atoms with E-state index in [1.54, 1.807) is 19.4 Å². The quantitative estimate of drug-likeness (QED) is 0.485. The molecular formula is C26H20N2O3S. The van der Waals surface area contributed by atoms with Crippen LogP contribution >= 0.6 is 11.3 Å². The van der Waals surface area contributed by atoms with Crippen LogP contribution < -0.4 is 19.6 Å². The zero-order valence-electron chi connectivity index (χ0n) is 17.4. The van der Waals surface area contributed by atoms with Gasteiger partial charge in [0.1, 0.15) is 11.5 Å². The molecule has 6 rings (SSSR count). The second kappa shape index (κ2) is 7.50. The molecular weight excluding hydrogens is 420 g/mol. The number of aryl methyl sites for hydroxylation is 1. The Hall–Kier alpha value is -3.64. The van der Waals surface area contributed by atoms with Crippen LogP contribution in [0.15, 0.2) is 86.7 Å². The molecule has 0 bridgehead atoms. The minimum atomic E-state index is -0.260. The Bertz CT molecular complexity index is 1540. The number of rotatable bonds is 3. The minimum Gasteiger partial charge on any atom is -0.496 e. The highest BCUT2D eigenvalue weighted by molar-refractivity contribution is 7.07. The zero-order chi connectivity index (χ0) is 21.7. The van der Waals surface area contributed by atoms with Gasteiger partial charge < -0.3 is 9.15 Å². The molecule has 1 atom stereocenters. The summed E-state index contributed by atoms with van der Waals surface area (Å²) in [5, 5.41) is 0. The lowest BCUT2D eigenvalue weighted by atomic mass is 9.83. The molecule has 2 aromatic heterocycles. The van der Waals surface area contributed by atoms with Gasteiger partial charge in [-0.15, -0.1) is 0 Å². The van der Waals surface area contributed by atoms with E-state index in [4.69, 9.17) is 14.1 Å². The van der Waals surface area contributed by atoms with Crippen LogP contribution in [0.25, 0.3) is 11.8 Å². The third-order valence-corrected chi connectivity index (χ3v) is 7.11. The summed E-state index contributed by atoms with van der Waals surface area (Å²) >= 11 is 1.40. The SMILES string of the molecule is COc1ccccc1[C@@H]1C2=C(N=c3s/c(=C\c4ccco4)c(=O)n31)c1ccccc1CC2. The van der Waals surface area contributed by atoms with E-state index >= 15 is 0 Å². The molecule has 5 nitrogen and oxygen atoms in total. The summed E-state index contributed by atoms with van der Waals surface area (Å²) in [4.78, 5) is 19.3. The lowest BCUT2D eigenvalue weighted by Gasteiger charge is -2.31. The summed E-state index contributed by atoms with van der Waals surface area (Å²) < 4.78 is 13.6. The number of methoxy groups -OCH3 is 1. The van der Waals surface area contributed by atoms with Gasteiger partial charge >= 0.3 is 0 Å². The predicted molar refractivity (Wildman–Crippen MR) is 124 cm³/mol. The van der Waals surface area contributed by atoms with Crippen molar-refractivity contribution in [2.24, 2.45) is 4.99 Å². The molecule has 6 heteroatoms. The number of furan rings is 1. The fourth-order valence-corrected chi connectivity index (χ4v) is 5.67. The summed E-state index contributed by atoms with van der Waals surface area (Å²) in [6.45, 7) is 0. The van der Waals surface area contributed by atoms with Crippen molar-refractivity contribution >= 4 is 23.1 Å². The number of aromatic nitrogens is 1. The second-order valence-corrected chi connectivity index (χ2v) is 8.88. The van der Waals surface area contributed by atoms with Crippen LogP contribution in [0, 0.1) is 0 Å². The highest BCUT2D eigenvalue weighted by Crippen LogP contribution is 2.43. The summed E-state index contributed by atoms with van der Waals surface area (Å²) in [6, 6.07) is 19.8. The number of nitrogens with zero attached hydrogens (tertiary/aromatic N) is 2. The van der Waals surface area contributed by atoms with Crippen molar-refractivity contribution in [3.8, 4) is 5.75 Å². The van der Waals surface area contributed by atoms with E-state index in [9.17, 15) is 4.79 Å². The first-order valence-corrected chi connectivity index (χ1v) is 11.4. The lowest BCUT2D eigenvalue weighted by Crippen LogP contribution is -2.38. The maximum Gasteiger partial charge on any atom is 0.271 e. The van der Waals surface area contributed by atoms with Crippen LogP contribution in [0.2, 0.25) is 0 Å². The van der Waals surface area contributed by atoms with Crippen molar-refractivity contribution in [2.45, 2.75) is 18.9 Å². The van der Waals surface area contributed by atoms with Gasteiger partial charge in [-0.05, 0) is 42.2 Å². The largest absolute Gasteiger partial charge is 0.496 e. The number of thiazole rings is 1. The number of para-hydroxylation sites is 1. The van der Waals surface area contributed by atoms with Gasteiger partial charge in [-0.2, -0.15) is 0 Å². The molecule has 3 heterocycles. The van der Waals surface area contributed by atoms with Crippen LogP contribution in [0.5, 0.6) is 5.75 Å². The summed E-state index contributed by atoms with van der Waals surface area (Å²) in [6.07, 6.45) is 5.17.